The van der Waals surface area contributed by atoms with E-state index in [1.54, 1.807) is 18.2 Å². The summed E-state index contributed by atoms with van der Waals surface area (Å²) in [6.45, 7) is 3.99. The number of ether oxygens (including phenoxy) is 5. The van der Waals surface area contributed by atoms with Crippen LogP contribution in [0.1, 0.15) is 33.3 Å². The average Bonchev–Trinajstić information content (AvgIpc) is 3.09. The number of amides is 1. The molecule has 2 heterocycles. The first-order valence-corrected chi connectivity index (χ1v) is 13.3. The molecule has 0 N–H and O–H groups in total. The summed E-state index contributed by atoms with van der Waals surface area (Å²) in [6, 6.07) is 4.84. The van der Waals surface area contributed by atoms with E-state index in [1.807, 2.05) is 0 Å². The molecular formula is C24H23Cl2NO10S2. The summed E-state index contributed by atoms with van der Waals surface area (Å²) in [5.74, 6) is -3.72. The van der Waals surface area contributed by atoms with Crippen LogP contribution in [0, 0.1) is 0 Å². The molecule has 2 saturated heterocycles. The summed E-state index contributed by atoms with van der Waals surface area (Å²) < 4.78 is 27.3. The Labute approximate surface area is 243 Å². The molecule has 0 aromatic heterocycles. The van der Waals surface area contributed by atoms with Gasteiger partial charge >= 0.3 is 23.9 Å². The van der Waals surface area contributed by atoms with Crippen molar-refractivity contribution in [3.63, 3.8) is 0 Å². The Hall–Kier alpha value is -2.71. The quantitative estimate of drug-likeness (QED) is 0.192. The van der Waals surface area contributed by atoms with Crippen LogP contribution in [0.3, 0.4) is 0 Å². The smallest absolute Gasteiger partial charge is 0.303 e. The normalized spacial score (nSPS) is 25.8. The highest BCUT2D eigenvalue weighted by molar-refractivity contribution is 8.26. The van der Waals surface area contributed by atoms with Crippen LogP contribution in [0.4, 0.5) is 0 Å². The first-order chi connectivity index (χ1) is 18.3. The number of nitrogens with zero attached hydrogens (tertiary/aromatic N) is 1. The second-order valence-corrected chi connectivity index (χ2v) is 10.8. The minimum absolute atomic E-state index is 0.00956. The number of carbonyl (C=O) groups is 5. The number of esters is 4. The SMILES string of the molecule is CC(=O)OC[C@H]1O[C@@H](N2C(=O)/C(=C\c3c(Cl)cccc3Cl)SC2=S)[C@@H](OC(C)=O)[C@@H](OC(C)=O)[C@H]1OC(C)=O. The number of hydrogen-bond donors (Lipinski definition) is 0. The average molecular weight is 620 g/mol. The van der Waals surface area contributed by atoms with Gasteiger partial charge in [0.2, 0.25) is 0 Å². The molecule has 1 aromatic carbocycles. The molecule has 2 fully saturated rings. The Morgan fingerprint density at radius 2 is 1.49 bits per heavy atom. The molecule has 5 atom stereocenters. The van der Waals surface area contributed by atoms with Gasteiger partial charge in [-0.2, -0.15) is 0 Å². The van der Waals surface area contributed by atoms with Crippen LogP contribution in [-0.4, -0.2) is 76.3 Å². The maximum absolute atomic E-state index is 13.6. The lowest BCUT2D eigenvalue weighted by Crippen LogP contribution is -2.66. The Morgan fingerprint density at radius 1 is 0.949 bits per heavy atom. The third-order valence-corrected chi connectivity index (χ3v) is 7.31. The zero-order valence-electron chi connectivity index (χ0n) is 21.0. The van der Waals surface area contributed by atoms with Gasteiger partial charge in [0.05, 0.1) is 4.91 Å². The van der Waals surface area contributed by atoms with Gasteiger partial charge in [-0.3, -0.25) is 28.9 Å². The van der Waals surface area contributed by atoms with E-state index in [4.69, 9.17) is 59.1 Å². The Kier molecular flexibility index (Phi) is 10.4. The molecule has 15 heteroatoms. The fourth-order valence-corrected chi connectivity index (χ4v) is 5.69. The Morgan fingerprint density at radius 3 is 2.03 bits per heavy atom. The molecule has 0 radical (unpaired) electrons. The zero-order chi connectivity index (χ0) is 29.0. The molecule has 1 amide bonds. The molecule has 3 rings (SSSR count). The van der Waals surface area contributed by atoms with E-state index in [2.05, 4.69) is 0 Å². The van der Waals surface area contributed by atoms with Crippen molar-refractivity contribution in [2.24, 2.45) is 0 Å². The van der Waals surface area contributed by atoms with Crippen LogP contribution in [-0.2, 0) is 47.7 Å². The molecule has 0 unspecified atom stereocenters. The van der Waals surface area contributed by atoms with Crippen LogP contribution in [0.5, 0.6) is 0 Å². The monoisotopic (exact) mass is 619 g/mol. The minimum atomic E-state index is -1.49. The lowest BCUT2D eigenvalue weighted by atomic mass is 9.96. The van der Waals surface area contributed by atoms with E-state index < -0.39 is 67.0 Å². The summed E-state index contributed by atoms with van der Waals surface area (Å²) in [5.41, 5.74) is 0.378. The van der Waals surface area contributed by atoms with E-state index in [-0.39, 0.29) is 9.23 Å². The molecule has 2 aliphatic rings. The number of thioether (sulfide) groups is 1. The lowest BCUT2D eigenvalue weighted by Gasteiger charge is -2.46. The minimum Gasteiger partial charge on any atom is -0.463 e. The summed E-state index contributed by atoms with van der Waals surface area (Å²) in [7, 11) is 0. The zero-order valence-corrected chi connectivity index (χ0v) is 24.2. The predicted octanol–water partition coefficient (Wildman–Crippen LogP) is 3.28. The van der Waals surface area contributed by atoms with Gasteiger partial charge in [-0.25, -0.2) is 0 Å². The van der Waals surface area contributed by atoms with E-state index >= 15 is 0 Å². The summed E-state index contributed by atoms with van der Waals surface area (Å²) >= 11 is 18.9. The van der Waals surface area contributed by atoms with Gasteiger partial charge in [-0.15, -0.1) is 0 Å². The largest absolute Gasteiger partial charge is 0.463 e. The van der Waals surface area contributed by atoms with Gasteiger partial charge in [0.15, 0.2) is 28.9 Å². The van der Waals surface area contributed by atoms with Crippen LogP contribution < -0.4 is 0 Å². The van der Waals surface area contributed by atoms with Gasteiger partial charge in [0.25, 0.3) is 5.91 Å². The maximum Gasteiger partial charge on any atom is 0.303 e. The van der Waals surface area contributed by atoms with Crippen LogP contribution >= 0.6 is 47.2 Å². The molecule has 2 aliphatic heterocycles. The summed E-state index contributed by atoms with van der Waals surface area (Å²) in [5, 5.41) is 0.583. The number of rotatable bonds is 7. The predicted molar refractivity (Wildman–Crippen MR) is 143 cm³/mol. The van der Waals surface area contributed by atoms with Crippen molar-refractivity contribution in [1.29, 1.82) is 0 Å². The van der Waals surface area contributed by atoms with Crippen molar-refractivity contribution in [1.82, 2.24) is 4.90 Å². The molecule has 210 valence electrons. The first kappa shape index (κ1) is 30.8. The number of hydrogen-bond acceptors (Lipinski definition) is 12. The van der Waals surface area contributed by atoms with Gasteiger partial charge in [-0.05, 0) is 18.2 Å². The van der Waals surface area contributed by atoms with E-state index in [1.165, 1.54) is 6.08 Å². The van der Waals surface area contributed by atoms with Crippen LogP contribution in [0.25, 0.3) is 6.08 Å². The van der Waals surface area contributed by atoms with E-state index in [9.17, 15) is 24.0 Å². The second-order valence-electron chi connectivity index (χ2n) is 8.28. The third kappa shape index (κ3) is 7.48. The number of benzene rings is 1. The van der Waals surface area contributed by atoms with Crippen LogP contribution in [0.2, 0.25) is 10.0 Å². The van der Waals surface area contributed by atoms with Gasteiger partial charge in [0.1, 0.15) is 12.7 Å². The standard InChI is InChI=1S/C24H23Cl2NO10S2/c1-10(28)33-9-17-19(34-11(2)29)20(35-12(3)30)21(36-13(4)31)23(37-17)27-22(32)18(39-24(27)38)8-14-15(25)6-5-7-16(14)26/h5-8,17,19-21,23H,9H2,1-4H3/b18-8+/t17-,19+,20+,21+,23-/m1/s1. The van der Waals surface area contributed by atoms with Crippen molar-refractivity contribution in [2.75, 3.05) is 6.61 Å². The highest BCUT2D eigenvalue weighted by Crippen LogP contribution is 2.40. The molecule has 0 saturated carbocycles. The summed E-state index contributed by atoms with van der Waals surface area (Å²) in [6.07, 6.45) is -5.58. The van der Waals surface area contributed by atoms with Crippen molar-refractivity contribution >= 4 is 87.4 Å². The molecular weight excluding hydrogens is 597 g/mol. The lowest BCUT2D eigenvalue weighted by molar-refractivity contribution is -0.268. The van der Waals surface area contributed by atoms with Gasteiger partial charge in [-0.1, -0.05) is 53.2 Å². The molecule has 0 spiro atoms. The number of halogens is 2. The van der Waals surface area contributed by atoms with Crippen molar-refractivity contribution in [3.8, 4) is 0 Å². The highest BCUT2D eigenvalue weighted by Gasteiger charge is 2.56. The Balaban J connectivity index is 2.08. The van der Waals surface area contributed by atoms with Crippen molar-refractivity contribution in [2.45, 2.75) is 58.3 Å². The number of thiocarbonyl (C=S) groups is 1. The topological polar surface area (TPSA) is 135 Å². The number of carbonyl (C=O) groups excluding carboxylic acids is 5. The van der Waals surface area contributed by atoms with E-state index in [0.29, 0.717) is 15.6 Å². The first-order valence-electron chi connectivity index (χ1n) is 11.3. The van der Waals surface area contributed by atoms with Gasteiger partial charge < -0.3 is 23.7 Å². The molecule has 1 aromatic rings. The fourth-order valence-electron chi connectivity index (χ4n) is 3.89. The summed E-state index contributed by atoms with van der Waals surface area (Å²) in [4.78, 5) is 62.4. The maximum atomic E-state index is 13.6. The van der Waals surface area contributed by atoms with Crippen molar-refractivity contribution < 1.29 is 47.7 Å². The molecule has 0 aliphatic carbocycles. The van der Waals surface area contributed by atoms with Crippen molar-refractivity contribution in [3.05, 3.63) is 38.7 Å². The highest BCUT2D eigenvalue weighted by atomic mass is 35.5. The third-order valence-electron chi connectivity index (χ3n) is 5.32. The van der Waals surface area contributed by atoms with Gasteiger partial charge in [0, 0.05) is 43.3 Å². The molecule has 11 nitrogen and oxygen atoms in total. The molecule has 0 bridgehead atoms. The van der Waals surface area contributed by atoms with E-state index in [0.717, 1.165) is 44.4 Å². The Bertz CT molecular complexity index is 1220. The fraction of sp³-hybridized carbons (Fsp3) is 0.417. The molecule has 39 heavy (non-hydrogen) atoms. The second kappa shape index (κ2) is 13.1. The van der Waals surface area contributed by atoms with Crippen LogP contribution in [0.15, 0.2) is 23.1 Å².